The molecule has 1 aromatic carbocycles. The van der Waals surface area contributed by atoms with Crippen molar-refractivity contribution in [1.82, 2.24) is 4.90 Å². The van der Waals surface area contributed by atoms with Gasteiger partial charge in [0.2, 0.25) is 0 Å². The summed E-state index contributed by atoms with van der Waals surface area (Å²) in [6, 6.07) is 3.39. The topological polar surface area (TPSA) is 57.6 Å². The molecule has 4 nitrogen and oxygen atoms in total. The van der Waals surface area contributed by atoms with Crippen LogP contribution in [0.3, 0.4) is 0 Å². The van der Waals surface area contributed by atoms with Crippen molar-refractivity contribution in [3.63, 3.8) is 0 Å². The Bertz CT molecular complexity index is 616. The van der Waals surface area contributed by atoms with Gasteiger partial charge in [-0.1, -0.05) is 22.9 Å². The van der Waals surface area contributed by atoms with Gasteiger partial charge in [-0.2, -0.15) is 0 Å². The second-order valence-electron chi connectivity index (χ2n) is 4.16. The van der Waals surface area contributed by atoms with Gasteiger partial charge < -0.3 is 5.11 Å². The second-order valence-corrected chi connectivity index (χ2v) is 6.92. The number of hydrogen-bond acceptors (Lipinski definition) is 4. The first-order chi connectivity index (χ1) is 9.43. The Hall–Kier alpha value is -0.790. The van der Waals surface area contributed by atoms with Gasteiger partial charge in [-0.25, -0.2) is 0 Å². The molecule has 0 bridgehead atoms. The Balaban J connectivity index is 2.38. The maximum absolute atomic E-state index is 12.1. The number of carbonyl (C=O) groups is 2. The van der Waals surface area contributed by atoms with Crippen LogP contribution >= 0.6 is 43.6 Å². The number of rotatable bonds is 3. The maximum Gasteiger partial charge on any atom is 0.293 e. The number of benzene rings is 1. The molecule has 7 heteroatoms. The highest BCUT2D eigenvalue weighted by atomic mass is 79.9. The number of nitrogens with zero attached hydrogens (tertiary/aromatic N) is 1. The van der Waals surface area contributed by atoms with E-state index in [1.54, 1.807) is 12.1 Å². The summed E-state index contributed by atoms with van der Waals surface area (Å²) in [5, 5.41) is 9.71. The highest BCUT2D eigenvalue weighted by Gasteiger charge is 2.34. The van der Waals surface area contributed by atoms with Crippen molar-refractivity contribution in [2.45, 2.75) is 13.3 Å². The highest BCUT2D eigenvalue weighted by molar-refractivity contribution is 9.11. The minimum atomic E-state index is -0.308. The number of aromatic hydroxyl groups is 1. The predicted molar refractivity (Wildman–Crippen MR) is 86.5 cm³/mol. The van der Waals surface area contributed by atoms with Crippen LogP contribution in [-0.2, 0) is 4.79 Å². The Kier molecular flexibility index (Phi) is 4.93. The summed E-state index contributed by atoms with van der Waals surface area (Å²) in [6.45, 7) is 2.32. The normalized spacial score (nSPS) is 17.4. The van der Waals surface area contributed by atoms with Gasteiger partial charge in [0, 0.05) is 16.6 Å². The van der Waals surface area contributed by atoms with E-state index >= 15 is 0 Å². The second kappa shape index (κ2) is 6.32. The van der Waals surface area contributed by atoms with Gasteiger partial charge in [-0.15, -0.1) is 0 Å². The maximum atomic E-state index is 12.1. The summed E-state index contributed by atoms with van der Waals surface area (Å²) in [5.41, 5.74) is 0.480. The molecule has 0 unspecified atom stereocenters. The zero-order chi connectivity index (χ0) is 14.9. The van der Waals surface area contributed by atoms with Gasteiger partial charge in [0.15, 0.2) is 0 Å². The smallest absolute Gasteiger partial charge is 0.293 e. The first-order valence-electron chi connectivity index (χ1n) is 5.87. The Morgan fingerprint density at radius 3 is 2.70 bits per heavy atom. The van der Waals surface area contributed by atoms with E-state index in [0.717, 1.165) is 22.7 Å². The quantitative estimate of drug-likeness (QED) is 0.738. The fourth-order valence-corrected chi connectivity index (χ4v) is 3.87. The van der Waals surface area contributed by atoms with E-state index in [9.17, 15) is 14.7 Å². The first-order valence-corrected chi connectivity index (χ1v) is 8.27. The average Bonchev–Trinajstić information content (AvgIpc) is 2.63. The van der Waals surface area contributed by atoms with Crippen molar-refractivity contribution in [2.75, 3.05) is 6.54 Å². The molecule has 106 valence electrons. The highest BCUT2D eigenvalue weighted by Crippen LogP contribution is 2.37. The van der Waals surface area contributed by atoms with Crippen LogP contribution in [0.25, 0.3) is 6.08 Å². The van der Waals surface area contributed by atoms with Crippen LogP contribution < -0.4 is 0 Å². The summed E-state index contributed by atoms with van der Waals surface area (Å²) in [6.07, 6.45) is 2.25. The first kappa shape index (κ1) is 15.6. The lowest BCUT2D eigenvalue weighted by Crippen LogP contribution is -2.28. The van der Waals surface area contributed by atoms with Crippen LogP contribution in [0.4, 0.5) is 4.79 Å². The van der Waals surface area contributed by atoms with Crippen molar-refractivity contribution < 1.29 is 14.7 Å². The fraction of sp³-hybridized carbons (Fsp3) is 0.231. The SMILES string of the molecule is CCCN1C(=O)S/C(=C/c2cc(Br)cc(Br)c2O)C1=O. The summed E-state index contributed by atoms with van der Waals surface area (Å²) < 4.78 is 1.28. The Labute approximate surface area is 137 Å². The predicted octanol–water partition coefficient (Wildman–Crippen LogP) is 4.36. The molecular weight excluding hydrogens is 410 g/mol. The molecule has 1 heterocycles. The van der Waals surface area contributed by atoms with Crippen molar-refractivity contribution >= 4 is 60.8 Å². The van der Waals surface area contributed by atoms with Gasteiger partial charge in [0.1, 0.15) is 5.75 Å². The van der Waals surface area contributed by atoms with Crippen LogP contribution in [0.1, 0.15) is 18.9 Å². The molecule has 0 aliphatic carbocycles. The molecule has 0 saturated carbocycles. The number of thioether (sulfide) groups is 1. The number of amides is 2. The van der Waals surface area contributed by atoms with E-state index in [-0.39, 0.29) is 16.9 Å². The summed E-state index contributed by atoms with van der Waals surface area (Å²) in [4.78, 5) is 25.4. The van der Waals surface area contributed by atoms with Crippen LogP contribution in [0.2, 0.25) is 0 Å². The molecular formula is C13H11Br2NO3S. The average molecular weight is 421 g/mol. The number of hydrogen-bond donors (Lipinski definition) is 1. The van der Waals surface area contributed by atoms with Crippen LogP contribution in [-0.4, -0.2) is 27.7 Å². The summed E-state index contributed by atoms with van der Waals surface area (Å²) in [5.74, 6) is -0.271. The minimum Gasteiger partial charge on any atom is -0.506 e. The van der Waals surface area contributed by atoms with E-state index in [1.807, 2.05) is 6.92 Å². The van der Waals surface area contributed by atoms with Crippen LogP contribution in [0, 0.1) is 0 Å². The minimum absolute atomic E-state index is 0.0375. The molecule has 0 spiro atoms. The lowest BCUT2D eigenvalue weighted by molar-refractivity contribution is -0.122. The standard InChI is InChI=1S/C13H11Br2NO3S/c1-2-3-16-12(18)10(20-13(16)19)5-7-4-8(14)6-9(15)11(7)17/h4-6,17H,2-3H2,1H3/b10-5+. The van der Waals surface area contributed by atoms with E-state index in [0.29, 0.717) is 21.5 Å². The molecule has 0 atom stereocenters. The largest absolute Gasteiger partial charge is 0.506 e. The third kappa shape index (κ3) is 3.10. The number of carbonyl (C=O) groups excluding carboxylic acids is 2. The molecule has 1 N–H and O–H groups in total. The monoisotopic (exact) mass is 419 g/mol. The van der Waals surface area contributed by atoms with Crippen LogP contribution in [0.15, 0.2) is 26.0 Å². The van der Waals surface area contributed by atoms with Crippen LogP contribution in [0.5, 0.6) is 5.75 Å². The van der Waals surface area contributed by atoms with Crippen molar-refractivity contribution in [1.29, 1.82) is 0 Å². The lowest BCUT2D eigenvalue weighted by atomic mass is 10.2. The van der Waals surface area contributed by atoms with E-state index in [1.165, 1.54) is 11.0 Å². The molecule has 0 aromatic heterocycles. The van der Waals surface area contributed by atoms with Crippen molar-refractivity contribution in [3.8, 4) is 5.75 Å². The number of phenolic OH excluding ortho intramolecular Hbond substituents is 1. The number of phenols is 1. The Morgan fingerprint density at radius 2 is 2.05 bits per heavy atom. The third-order valence-electron chi connectivity index (χ3n) is 2.67. The molecule has 2 amide bonds. The number of imide groups is 1. The molecule has 1 aliphatic rings. The van der Waals surface area contributed by atoms with Gasteiger partial charge >= 0.3 is 0 Å². The molecule has 1 aromatic rings. The molecule has 1 saturated heterocycles. The van der Waals surface area contributed by atoms with Gasteiger partial charge in [-0.05, 0) is 52.3 Å². The zero-order valence-corrected chi connectivity index (χ0v) is 14.5. The van der Waals surface area contributed by atoms with Gasteiger partial charge in [0.25, 0.3) is 11.1 Å². The van der Waals surface area contributed by atoms with E-state index in [4.69, 9.17) is 0 Å². The number of halogens is 2. The molecule has 1 fully saturated rings. The molecule has 0 radical (unpaired) electrons. The van der Waals surface area contributed by atoms with E-state index in [2.05, 4.69) is 31.9 Å². The third-order valence-corrected chi connectivity index (χ3v) is 4.63. The zero-order valence-electron chi connectivity index (χ0n) is 10.5. The Morgan fingerprint density at radius 1 is 1.35 bits per heavy atom. The summed E-state index contributed by atoms with van der Waals surface area (Å²) >= 11 is 7.45. The van der Waals surface area contributed by atoms with Gasteiger partial charge in [-0.3, -0.25) is 14.5 Å². The molecule has 2 rings (SSSR count). The molecule has 1 aliphatic heterocycles. The lowest BCUT2D eigenvalue weighted by Gasteiger charge is -2.09. The summed E-state index contributed by atoms with van der Waals surface area (Å²) in [7, 11) is 0. The molecule has 20 heavy (non-hydrogen) atoms. The fourth-order valence-electron chi connectivity index (χ4n) is 1.75. The van der Waals surface area contributed by atoms with Crippen molar-refractivity contribution in [2.24, 2.45) is 0 Å². The van der Waals surface area contributed by atoms with Gasteiger partial charge in [0.05, 0.1) is 9.38 Å². The van der Waals surface area contributed by atoms with E-state index < -0.39 is 0 Å². The van der Waals surface area contributed by atoms with Crippen molar-refractivity contribution in [3.05, 3.63) is 31.5 Å².